The van der Waals surface area contributed by atoms with Crippen LogP contribution in [0.1, 0.15) is 16.7 Å². The van der Waals surface area contributed by atoms with Crippen LogP contribution in [0, 0.1) is 28.4 Å². The van der Waals surface area contributed by atoms with E-state index in [0.29, 0.717) is 16.7 Å². The van der Waals surface area contributed by atoms with Gasteiger partial charge in [0.2, 0.25) is 0 Å². The quantitative estimate of drug-likeness (QED) is 0.350. The van der Waals surface area contributed by atoms with Gasteiger partial charge in [0.05, 0.1) is 16.6 Å². The van der Waals surface area contributed by atoms with Crippen molar-refractivity contribution < 1.29 is 4.92 Å². The smallest absolute Gasteiger partial charge is 0.258 e. The number of nitro benzene ring substituents is 1. The maximum atomic E-state index is 11.0. The third-order valence-electron chi connectivity index (χ3n) is 3.02. The lowest BCUT2D eigenvalue weighted by molar-refractivity contribution is -0.385. The first-order valence-corrected chi connectivity index (χ1v) is 6.93. The highest BCUT2D eigenvalue weighted by atomic mass is 79.9. The number of nitro groups is 1. The topological polar surface area (TPSA) is 66.9 Å². The van der Waals surface area contributed by atoms with Gasteiger partial charge in [0.15, 0.2) is 0 Å². The van der Waals surface area contributed by atoms with Crippen molar-refractivity contribution >= 4 is 33.3 Å². The van der Waals surface area contributed by atoms with E-state index in [4.69, 9.17) is 0 Å². The van der Waals surface area contributed by atoms with E-state index in [9.17, 15) is 15.4 Å². The molecule has 104 valence electrons. The normalized spacial score (nSPS) is 11.0. The fourth-order valence-electron chi connectivity index (χ4n) is 1.89. The second-order valence-electron chi connectivity index (χ2n) is 4.48. The minimum absolute atomic E-state index is 0.0526. The maximum Gasteiger partial charge on any atom is 0.272 e. The fourth-order valence-corrected chi connectivity index (χ4v) is 2.15. The lowest BCUT2D eigenvalue weighted by Gasteiger charge is -2.02. The van der Waals surface area contributed by atoms with E-state index >= 15 is 0 Å². The first-order chi connectivity index (χ1) is 10.0. The van der Waals surface area contributed by atoms with Gasteiger partial charge in [0, 0.05) is 16.1 Å². The third kappa shape index (κ3) is 3.56. The number of nitriles is 1. The molecule has 0 aliphatic rings. The van der Waals surface area contributed by atoms with Gasteiger partial charge in [-0.3, -0.25) is 10.1 Å². The molecule has 0 aliphatic heterocycles. The Morgan fingerprint density at radius 3 is 2.52 bits per heavy atom. The zero-order valence-electron chi connectivity index (χ0n) is 11.2. The van der Waals surface area contributed by atoms with Crippen molar-refractivity contribution in [1.82, 2.24) is 0 Å². The van der Waals surface area contributed by atoms with Crippen LogP contribution in [-0.4, -0.2) is 4.92 Å². The van der Waals surface area contributed by atoms with Crippen LogP contribution in [0.15, 0.2) is 46.9 Å². The number of hydrogen-bond acceptors (Lipinski definition) is 3. The minimum atomic E-state index is -0.418. The molecule has 0 bridgehead atoms. The molecular formula is C16H11BrN2O2. The van der Waals surface area contributed by atoms with Crippen molar-refractivity contribution in [2.24, 2.45) is 0 Å². The molecule has 2 aromatic carbocycles. The zero-order chi connectivity index (χ0) is 15.4. The molecule has 0 N–H and O–H groups in total. The lowest BCUT2D eigenvalue weighted by Crippen LogP contribution is -1.92. The van der Waals surface area contributed by atoms with Gasteiger partial charge in [0.25, 0.3) is 5.69 Å². The van der Waals surface area contributed by atoms with Crippen LogP contribution >= 0.6 is 15.9 Å². The highest BCUT2D eigenvalue weighted by molar-refractivity contribution is 9.10. The molecule has 0 heterocycles. The Kier molecular flexibility index (Phi) is 4.51. The molecule has 0 radical (unpaired) electrons. The van der Waals surface area contributed by atoms with Gasteiger partial charge in [-0.2, -0.15) is 5.26 Å². The molecule has 0 aliphatic carbocycles. The van der Waals surface area contributed by atoms with Gasteiger partial charge >= 0.3 is 0 Å². The third-order valence-corrected chi connectivity index (χ3v) is 3.55. The summed E-state index contributed by atoms with van der Waals surface area (Å²) in [5, 5.41) is 20.2. The van der Waals surface area contributed by atoms with Gasteiger partial charge < -0.3 is 0 Å². The van der Waals surface area contributed by atoms with Crippen molar-refractivity contribution in [3.05, 3.63) is 73.7 Å². The molecule has 4 nitrogen and oxygen atoms in total. The van der Waals surface area contributed by atoms with Crippen LogP contribution in [-0.2, 0) is 0 Å². The fraction of sp³-hybridized carbons (Fsp3) is 0.0625. The van der Waals surface area contributed by atoms with E-state index in [1.165, 1.54) is 6.07 Å². The number of benzene rings is 2. The molecule has 21 heavy (non-hydrogen) atoms. The summed E-state index contributed by atoms with van der Waals surface area (Å²) in [5.74, 6) is 0. The van der Waals surface area contributed by atoms with Crippen LogP contribution in [0.25, 0.3) is 11.6 Å². The molecule has 0 saturated carbocycles. The van der Waals surface area contributed by atoms with Crippen LogP contribution in [0.5, 0.6) is 0 Å². The van der Waals surface area contributed by atoms with Crippen molar-refractivity contribution in [2.75, 3.05) is 0 Å². The van der Waals surface area contributed by atoms with Crippen LogP contribution < -0.4 is 0 Å². The molecule has 0 fully saturated rings. The van der Waals surface area contributed by atoms with E-state index in [1.54, 1.807) is 25.1 Å². The Morgan fingerprint density at radius 1 is 1.29 bits per heavy atom. The second-order valence-corrected chi connectivity index (χ2v) is 5.40. The van der Waals surface area contributed by atoms with Crippen LogP contribution in [0.4, 0.5) is 5.69 Å². The second kappa shape index (κ2) is 6.33. The molecule has 0 saturated heterocycles. The van der Waals surface area contributed by atoms with Gasteiger partial charge in [-0.15, -0.1) is 0 Å². The van der Waals surface area contributed by atoms with Gasteiger partial charge in [-0.05, 0) is 36.3 Å². The first kappa shape index (κ1) is 14.9. The largest absolute Gasteiger partial charge is 0.272 e. The Morgan fingerprint density at radius 2 is 1.95 bits per heavy atom. The maximum absolute atomic E-state index is 11.0. The van der Waals surface area contributed by atoms with E-state index in [0.717, 1.165) is 10.0 Å². The highest BCUT2D eigenvalue weighted by Crippen LogP contribution is 2.24. The monoisotopic (exact) mass is 342 g/mol. The number of allylic oxidation sites excluding steroid dienone is 1. The average molecular weight is 343 g/mol. The minimum Gasteiger partial charge on any atom is -0.258 e. The summed E-state index contributed by atoms with van der Waals surface area (Å²) in [7, 11) is 0. The predicted molar refractivity (Wildman–Crippen MR) is 85.5 cm³/mol. The van der Waals surface area contributed by atoms with Crippen LogP contribution in [0.3, 0.4) is 0 Å². The Hall–Kier alpha value is -2.45. The zero-order valence-corrected chi connectivity index (χ0v) is 12.8. The molecule has 2 aromatic rings. The van der Waals surface area contributed by atoms with E-state index in [-0.39, 0.29) is 5.69 Å². The average Bonchev–Trinajstić information content (AvgIpc) is 2.47. The predicted octanol–water partition coefficient (Wildman–Crippen LogP) is 4.73. The van der Waals surface area contributed by atoms with Crippen molar-refractivity contribution in [2.45, 2.75) is 6.92 Å². The number of halogens is 1. The number of nitrogens with zero attached hydrogens (tertiary/aromatic N) is 2. The summed E-state index contributed by atoms with van der Waals surface area (Å²) in [5.41, 5.74) is 2.51. The Bertz CT molecular complexity index is 759. The van der Waals surface area contributed by atoms with E-state index in [2.05, 4.69) is 22.0 Å². The number of aryl methyl sites for hydroxylation is 1. The Labute approximate surface area is 130 Å². The lowest BCUT2D eigenvalue weighted by atomic mass is 10.0. The summed E-state index contributed by atoms with van der Waals surface area (Å²) in [6.07, 6.45) is 1.65. The van der Waals surface area contributed by atoms with E-state index < -0.39 is 4.92 Å². The molecule has 0 amide bonds. The van der Waals surface area contributed by atoms with E-state index in [1.807, 2.05) is 24.3 Å². The summed E-state index contributed by atoms with van der Waals surface area (Å²) in [6.45, 7) is 1.69. The molecule has 0 atom stereocenters. The number of hydrogen-bond donors (Lipinski definition) is 0. The highest BCUT2D eigenvalue weighted by Gasteiger charge is 2.10. The van der Waals surface area contributed by atoms with Gasteiger partial charge in [-0.25, -0.2) is 0 Å². The van der Waals surface area contributed by atoms with Crippen molar-refractivity contribution in [3.63, 3.8) is 0 Å². The van der Waals surface area contributed by atoms with Gasteiger partial charge in [-0.1, -0.05) is 40.2 Å². The summed E-state index contributed by atoms with van der Waals surface area (Å²) in [4.78, 5) is 10.5. The van der Waals surface area contributed by atoms with Crippen molar-refractivity contribution in [3.8, 4) is 6.07 Å². The molecule has 0 aromatic heterocycles. The molecule has 0 unspecified atom stereocenters. The SMILES string of the molecule is Cc1ccc(/C=C(\C#N)c2ccc(Br)cc2)cc1[N+](=O)[O-]. The molecule has 2 rings (SSSR count). The molecule has 0 spiro atoms. The molecule has 5 heteroatoms. The first-order valence-electron chi connectivity index (χ1n) is 6.14. The standard InChI is InChI=1S/C16H11BrN2O2/c1-11-2-3-12(9-16(11)19(20)21)8-14(10-18)13-4-6-15(17)7-5-13/h2-9H,1H3/b14-8+. The van der Waals surface area contributed by atoms with Gasteiger partial charge in [0.1, 0.15) is 0 Å². The summed E-state index contributed by atoms with van der Waals surface area (Å²) in [6, 6.07) is 14.4. The molecular weight excluding hydrogens is 332 g/mol. The van der Waals surface area contributed by atoms with Crippen LogP contribution in [0.2, 0.25) is 0 Å². The van der Waals surface area contributed by atoms with Crippen molar-refractivity contribution in [1.29, 1.82) is 5.26 Å². The summed E-state index contributed by atoms with van der Waals surface area (Å²) >= 11 is 3.34. The Balaban J connectivity index is 2.46. The number of rotatable bonds is 3. The summed E-state index contributed by atoms with van der Waals surface area (Å²) < 4.78 is 0.925.